The molecule has 2 aromatic carbocycles. The van der Waals surface area contributed by atoms with Crippen LogP contribution in [0.15, 0.2) is 60.9 Å². The van der Waals surface area contributed by atoms with Crippen molar-refractivity contribution in [3.8, 4) is 16.9 Å². The number of nitrogens with zero attached hydrogens (tertiary/aromatic N) is 4. The van der Waals surface area contributed by atoms with Gasteiger partial charge in [-0.3, -0.25) is 14.7 Å². The number of aromatic nitrogens is 2. The summed E-state index contributed by atoms with van der Waals surface area (Å²) >= 11 is 0. The maximum Gasteiger partial charge on any atom is 0.266 e. The summed E-state index contributed by atoms with van der Waals surface area (Å²) in [4.78, 5) is 33.5. The minimum atomic E-state index is -0.933. The number of hydrogen-bond donors (Lipinski definition) is 1. The fourth-order valence-corrected chi connectivity index (χ4v) is 6.39. The zero-order valence-corrected chi connectivity index (χ0v) is 24.9. The number of carbonyl (C=O) groups is 2. The molecule has 3 fully saturated rings. The van der Waals surface area contributed by atoms with Crippen molar-refractivity contribution in [1.82, 2.24) is 20.0 Å². The third-order valence-corrected chi connectivity index (χ3v) is 8.89. The third-order valence-electron chi connectivity index (χ3n) is 8.89. The highest BCUT2D eigenvalue weighted by molar-refractivity contribution is 5.85. The first kappa shape index (κ1) is 28.3. The van der Waals surface area contributed by atoms with Crippen molar-refractivity contribution in [3.05, 3.63) is 66.5 Å². The van der Waals surface area contributed by atoms with Crippen LogP contribution in [0.5, 0.6) is 5.75 Å². The first-order valence-corrected chi connectivity index (χ1v) is 15.6. The van der Waals surface area contributed by atoms with Crippen LogP contribution in [-0.2, 0) is 16.1 Å². The number of piperidine rings is 2. The van der Waals surface area contributed by atoms with Gasteiger partial charge in [-0.25, -0.2) is 0 Å². The second-order valence-corrected chi connectivity index (χ2v) is 12.6. The van der Waals surface area contributed by atoms with Gasteiger partial charge in [0.05, 0.1) is 12.1 Å². The minimum Gasteiger partial charge on any atom is -0.478 e. The van der Waals surface area contributed by atoms with Gasteiger partial charge in [-0.05, 0) is 82.1 Å². The second kappa shape index (κ2) is 12.2. The molecule has 1 aromatic heterocycles. The number of ether oxygens (including phenoxy) is 1. The van der Waals surface area contributed by atoms with E-state index in [0.29, 0.717) is 24.9 Å². The van der Waals surface area contributed by atoms with Crippen LogP contribution in [0.3, 0.4) is 0 Å². The van der Waals surface area contributed by atoms with Crippen LogP contribution in [0, 0.1) is 5.92 Å². The summed E-state index contributed by atoms with van der Waals surface area (Å²) < 4.78 is 6.30. The molecule has 222 valence electrons. The number of hydrogen-bond acceptors (Lipinski definition) is 5. The Labute approximate surface area is 249 Å². The molecule has 42 heavy (non-hydrogen) atoms. The Morgan fingerprint density at radius 2 is 1.76 bits per heavy atom. The molecule has 2 aliphatic heterocycles. The van der Waals surface area contributed by atoms with E-state index in [2.05, 4.69) is 50.3 Å². The number of carbonyl (C=O) groups excluding carboxylic acids is 2. The van der Waals surface area contributed by atoms with Crippen LogP contribution in [0.4, 0.5) is 5.69 Å². The van der Waals surface area contributed by atoms with E-state index in [9.17, 15) is 9.59 Å². The highest BCUT2D eigenvalue weighted by Gasteiger charge is 2.38. The van der Waals surface area contributed by atoms with E-state index in [1.54, 1.807) is 0 Å². The lowest BCUT2D eigenvalue weighted by molar-refractivity contribution is -0.146. The lowest BCUT2D eigenvalue weighted by Crippen LogP contribution is -2.50. The monoisotopic (exact) mass is 569 g/mol. The van der Waals surface area contributed by atoms with Crippen LogP contribution in [0.1, 0.15) is 64.4 Å². The van der Waals surface area contributed by atoms with Crippen molar-refractivity contribution < 1.29 is 14.3 Å². The predicted octanol–water partition coefficient (Wildman–Crippen LogP) is 5.65. The van der Waals surface area contributed by atoms with Gasteiger partial charge in [-0.2, -0.15) is 5.10 Å². The Balaban J connectivity index is 1.10. The van der Waals surface area contributed by atoms with Crippen molar-refractivity contribution in [2.75, 3.05) is 31.1 Å². The van der Waals surface area contributed by atoms with Gasteiger partial charge in [0.1, 0.15) is 5.75 Å². The Hall–Kier alpha value is -3.81. The van der Waals surface area contributed by atoms with Gasteiger partial charge in [0.25, 0.3) is 5.91 Å². The highest BCUT2D eigenvalue weighted by Crippen LogP contribution is 2.34. The van der Waals surface area contributed by atoms with E-state index < -0.39 is 5.60 Å². The van der Waals surface area contributed by atoms with E-state index in [0.717, 1.165) is 80.5 Å². The number of H-pyrrole nitrogens is 1. The van der Waals surface area contributed by atoms with Crippen LogP contribution >= 0.6 is 0 Å². The average molecular weight is 570 g/mol. The van der Waals surface area contributed by atoms with Crippen LogP contribution in [-0.4, -0.2) is 69.6 Å². The molecule has 1 saturated carbocycles. The van der Waals surface area contributed by atoms with Gasteiger partial charge in [0, 0.05) is 62.3 Å². The molecule has 2 amide bonds. The normalized spacial score (nSPS) is 19.4. The van der Waals surface area contributed by atoms with Gasteiger partial charge < -0.3 is 19.4 Å². The quantitative estimate of drug-likeness (QED) is 0.360. The number of amides is 2. The molecule has 1 N–H and O–H groups in total. The van der Waals surface area contributed by atoms with Crippen molar-refractivity contribution in [2.24, 2.45) is 5.92 Å². The SMILES string of the molecule is CC(C)(Oc1cccc(N2CCC[C@@H](C(=O)N(Cc3ccc(-c4cn[nH]c4)cc3)C3CC3)C2)c1)C(=O)N1CCCCC1. The molecule has 0 bridgehead atoms. The van der Waals surface area contributed by atoms with Gasteiger partial charge in [-0.1, -0.05) is 30.3 Å². The maximum absolute atomic E-state index is 13.9. The Morgan fingerprint density at radius 1 is 0.976 bits per heavy atom. The molecular formula is C34H43N5O3. The van der Waals surface area contributed by atoms with Gasteiger partial charge in [0.2, 0.25) is 5.91 Å². The topological polar surface area (TPSA) is 81.8 Å². The lowest BCUT2D eigenvalue weighted by Gasteiger charge is -2.37. The molecule has 1 atom stereocenters. The zero-order chi connectivity index (χ0) is 29.1. The molecule has 0 radical (unpaired) electrons. The fraction of sp³-hybridized carbons (Fsp3) is 0.500. The van der Waals surface area contributed by atoms with Gasteiger partial charge >= 0.3 is 0 Å². The molecule has 8 heteroatoms. The van der Waals surface area contributed by atoms with Crippen LogP contribution in [0.2, 0.25) is 0 Å². The van der Waals surface area contributed by atoms with Crippen LogP contribution < -0.4 is 9.64 Å². The largest absolute Gasteiger partial charge is 0.478 e. The van der Waals surface area contributed by atoms with Crippen molar-refractivity contribution in [3.63, 3.8) is 0 Å². The van der Waals surface area contributed by atoms with Gasteiger partial charge in [-0.15, -0.1) is 0 Å². The zero-order valence-electron chi connectivity index (χ0n) is 24.9. The molecule has 0 unspecified atom stereocenters. The maximum atomic E-state index is 13.9. The number of rotatable bonds is 9. The number of benzene rings is 2. The number of anilines is 1. The van der Waals surface area contributed by atoms with E-state index in [-0.39, 0.29) is 17.7 Å². The first-order valence-electron chi connectivity index (χ1n) is 15.6. The summed E-state index contributed by atoms with van der Waals surface area (Å²) in [6, 6.07) is 16.8. The predicted molar refractivity (Wildman–Crippen MR) is 164 cm³/mol. The van der Waals surface area contributed by atoms with Crippen molar-refractivity contribution in [2.45, 2.75) is 77.0 Å². The summed E-state index contributed by atoms with van der Waals surface area (Å²) in [5.74, 6) is 0.968. The van der Waals surface area contributed by atoms with Crippen molar-refractivity contribution in [1.29, 1.82) is 0 Å². The minimum absolute atomic E-state index is 0.0359. The average Bonchev–Trinajstić information content (AvgIpc) is 3.72. The molecule has 6 rings (SSSR count). The fourth-order valence-electron chi connectivity index (χ4n) is 6.39. The second-order valence-electron chi connectivity index (χ2n) is 12.6. The first-order chi connectivity index (χ1) is 20.4. The molecule has 3 aromatic rings. The summed E-state index contributed by atoms with van der Waals surface area (Å²) in [5, 5.41) is 6.91. The summed E-state index contributed by atoms with van der Waals surface area (Å²) in [5.41, 5.74) is 3.44. The van der Waals surface area contributed by atoms with Crippen molar-refractivity contribution >= 4 is 17.5 Å². The summed E-state index contributed by atoms with van der Waals surface area (Å²) in [7, 11) is 0. The molecule has 3 aliphatic rings. The van der Waals surface area contributed by atoms with E-state index >= 15 is 0 Å². The number of nitrogens with one attached hydrogen (secondary N) is 1. The molecule has 1 aliphatic carbocycles. The third kappa shape index (κ3) is 6.48. The van der Waals surface area contributed by atoms with E-state index in [1.807, 2.05) is 49.3 Å². The number of likely N-dealkylation sites (tertiary alicyclic amines) is 1. The smallest absolute Gasteiger partial charge is 0.266 e. The number of aromatic amines is 1. The Morgan fingerprint density at radius 3 is 2.48 bits per heavy atom. The Bertz CT molecular complexity index is 1360. The summed E-state index contributed by atoms with van der Waals surface area (Å²) in [6.07, 6.45) is 11.1. The molecular weight excluding hydrogens is 526 g/mol. The van der Waals surface area contributed by atoms with E-state index in [4.69, 9.17) is 4.74 Å². The van der Waals surface area contributed by atoms with Gasteiger partial charge in [0.15, 0.2) is 5.60 Å². The highest BCUT2D eigenvalue weighted by atomic mass is 16.5. The Kier molecular flexibility index (Phi) is 8.22. The summed E-state index contributed by atoms with van der Waals surface area (Å²) in [6.45, 7) is 7.60. The molecule has 8 nitrogen and oxygen atoms in total. The van der Waals surface area contributed by atoms with Crippen LogP contribution in [0.25, 0.3) is 11.1 Å². The van der Waals surface area contributed by atoms with E-state index in [1.165, 1.54) is 6.42 Å². The standard InChI is InChI=1S/C34H43N5O3/c1-34(2,33(41)37-17-4-3-5-18-37)42-31-10-6-9-30(20-31)38-19-7-8-27(24-38)32(40)39(29-15-16-29)23-25-11-13-26(14-12-25)28-21-35-36-22-28/h6,9-14,20-22,27,29H,3-5,7-8,15-19,23-24H2,1-2H3,(H,35,36)/t27-/m1/s1. The molecule has 2 saturated heterocycles. The lowest BCUT2D eigenvalue weighted by atomic mass is 9.95. The molecule has 3 heterocycles. The molecule has 0 spiro atoms.